The summed E-state index contributed by atoms with van der Waals surface area (Å²) in [6, 6.07) is 13.0. The topological polar surface area (TPSA) is 89.5 Å². The van der Waals surface area contributed by atoms with Gasteiger partial charge in [-0.2, -0.15) is 0 Å². The molecule has 1 atom stereocenters. The Morgan fingerprint density at radius 1 is 1.18 bits per heavy atom. The highest BCUT2D eigenvalue weighted by Crippen LogP contribution is 2.35. The zero-order valence-corrected chi connectivity index (χ0v) is 20.2. The number of carbonyl (C=O) groups excluding carboxylic acids is 1. The van der Waals surface area contributed by atoms with Gasteiger partial charge in [0.2, 0.25) is 0 Å². The number of piperidine rings is 1. The van der Waals surface area contributed by atoms with Gasteiger partial charge in [-0.05, 0) is 50.1 Å². The highest BCUT2D eigenvalue weighted by molar-refractivity contribution is 5.95. The van der Waals surface area contributed by atoms with Crippen molar-refractivity contribution >= 4 is 11.7 Å². The monoisotopic (exact) mass is 461 g/mol. The largest absolute Gasteiger partial charge is 0.493 e. The van der Waals surface area contributed by atoms with Crippen LogP contribution >= 0.6 is 0 Å². The highest BCUT2D eigenvalue weighted by Gasteiger charge is 2.36. The quantitative estimate of drug-likeness (QED) is 0.569. The van der Waals surface area contributed by atoms with Gasteiger partial charge in [-0.25, -0.2) is 9.97 Å². The molecule has 0 saturated carbocycles. The number of nitrogens with zero attached hydrogens (tertiary/aromatic N) is 4. The average Bonchev–Trinajstić information content (AvgIpc) is 2.87. The van der Waals surface area contributed by atoms with Gasteiger partial charge in [-0.1, -0.05) is 13.0 Å². The number of nitrogens with one attached hydrogen (secondary N) is 1. The van der Waals surface area contributed by atoms with Crippen LogP contribution in [-0.4, -0.2) is 53.0 Å². The van der Waals surface area contributed by atoms with Crippen molar-refractivity contribution < 1.29 is 14.3 Å². The van der Waals surface area contributed by atoms with E-state index in [9.17, 15) is 4.79 Å². The normalized spacial score (nSPS) is 17.8. The lowest BCUT2D eigenvalue weighted by Gasteiger charge is -2.40. The third-order valence-electron chi connectivity index (χ3n) is 6.21. The Bertz CT molecular complexity index is 1150. The minimum Gasteiger partial charge on any atom is -0.493 e. The minimum absolute atomic E-state index is 0.0277. The average molecular weight is 462 g/mol. The molecule has 8 heteroatoms. The molecule has 3 heterocycles. The van der Waals surface area contributed by atoms with E-state index in [1.807, 2.05) is 43.1 Å². The van der Waals surface area contributed by atoms with Gasteiger partial charge in [0.15, 0.2) is 11.5 Å². The van der Waals surface area contributed by atoms with Crippen molar-refractivity contribution in [3.63, 3.8) is 0 Å². The van der Waals surface area contributed by atoms with Crippen LogP contribution in [0.15, 0.2) is 48.7 Å². The van der Waals surface area contributed by atoms with Gasteiger partial charge in [0.25, 0.3) is 5.91 Å². The van der Waals surface area contributed by atoms with Crippen molar-refractivity contribution in [2.45, 2.75) is 38.7 Å². The summed E-state index contributed by atoms with van der Waals surface area (Å²) >= 11 is 0. The van der Waals surface area contributed by atoms with Crippen LogP contribution in [0.5, 0.6) is 11.5 Å². The Kier molecular flexibility index (Phi) is 6.95. The number of hydrogen-bond acceptors (Lipinski definition) is 7. The SMILES string of the molecule is CNc1cc([C@]2(C)CCCN(C(=O)c3ccc(OCc4ccccn4)c(OC)c3)C2)nc(C)n1. The summed E-state index contributed by atoms with van der Waals surface area (Å²) in [6.45, 7) is 5.68. The summed E-state index contributed by atoms with van der Waals surface area (Å²) < 4.78 is 11.4. The molecule has 178 valence electrons. The molecule has 3 aromatic rings. The third-order valence-corrected chi connectivity index (χ3v) is 6.21. The van der Waals surface area contributed by atoms with Crippen LogP contribution in [0.1, 0.15) is 47.3 Å². The molecule has 1 aromatic carbocycles. The van der Waals surface area contributed by atoms with E-state index in [1.165, 1.54) is 0 Å². The molecular weight excluding hydrogens is 430 g/mol. The standard InChI is InChI=1S/C26H31N5O3/c1-18-29-23(15-24(27-3)30-18)26(2)11-7-13-31(17-26)25(32)19-9-10-21(22(14-19)33-4)34-16-20-8-5-6-12-28-20/h5-6,8-10,12,14-15H,7,11,13,16-17H2,1-4H3,(H,27,29,30)/t26-/m1/s1. The van der Waals surface area contributed by atoms with Gasteiger partial charge < -0.3 is 19.7 Å². The number of anilines is 1. The minimum atomic E-state index is -0.247. The smallest absolute Gasteiger partial charge is 0.254 e. The van der Waals surface area contributed by atoms with E-state index in [0.29, 0.717) is 36.8 Å². The fourth-order valence-corrected chi connectivity index (χ4v) is 4.36. The van der Waals surface area contributed by atoms with Crippen LogP contribution in [0.4, 0.5) is 5.82 Å². The lowest BCUT2D eigenvalue weighted by molar-refractivity contribution is 0.0647. The maximum atomic E-state index is 13.4. The first-order valence-corrected chi connectivity index (χ1v) is 11.5. The van der Waals surface area contributed by atoms with Crippen molar-refractivity contribution in [1.82, 2.24) is 19.9 Å². The molecule has 1 aliphatic rings. The number of amides is 1. The molecular formula is C26H31N5O3. The van der Waals surface area contributed by atoms with E-state index < -0.39 is 0 Å². The molecule has 1 N–H and O–H groups in total. The van der Waals surface area contributed by atoms with Crippen LogP contribution in [0, 0.1) is 6.92 Å². The van der Waals surface area contributed by atoms with Crippen LogP contribution in [0.25, 0.3) is 0 Å². The Morgan fingerprint density at radius 3 is 2.76 bits per heavy atom. The van der Waals surface area contributed by atoms with E-state index in [2.05, 4.69) is 22.2 Å². The predicted octanol–water partition coefficient (Wildman–Crippen LogP) is 4.00. The lowest BCUT2D eigenvalue weighted by atomic mass is 9.78. The van der Waals surface area contributed by atoms with E-state index >= 15 is 0 Å². The summed E-state index contributed by atoms with van der Waals surface area (Å²) in [5.74, 6) is 2.58. The van der Waals surface area contributed by atoms with Crippen molar-refractivity contribution in [2.24, 2.45) is 0 Å². The van der Waals surface area contributed by atoms with Crippen LogP contribution in [0.2, 0.25) is 0 Å². The molecule has 0 spiro atoms. The summed E-state index contributed by atoms with van der Waals surface area (Å²) in [5, 5.41) is 3.10. The number of methoxy groups -OCH3 is 1. The number of ether oxygens (including phenoxy) is 2. The van der Waals surface area contributed by atoms with Crippen molar-refractivity contribution in [2.75, 3.05) is 32.6 Å². The van der Waals surface area contributed by atoms with Crippen molar-refractivity contribution in [1.29, 1.82) is 0 Å². The van der Waals surface area contributed by atoms with Gasteiger partial charge in [0.05, 0.1) is 18.5 Å². The molecule has 0 bridgehead atoms. The van der Waals surface area contributed by atoms with E-state index in [1.54, 1.807) is 31.5 Å². The molecule has 0 aliphatic carbocycles. The fourth-order valence-electron chi connectivity index (χ4n) is 4.36. The molecule has 1 aliphatic heterocycles. The number of likely N-dealkylation sites (tertiary alicyclic amines) is 1. The van der Waals surface area contributed by atoms with E-state index in [-0.39, 0.29) is 11.3 Å². The molecule has 1 amide bonds. The number of benzene rings is 1. The predicted molar refractivity (Wildman–Crippen MR) is 130 cm³/mol. The van der Waals surface area contributed by atoms with E-state index in [0.717, 1.165) is 35.9 Å². The molecule has 0 radical (unpaired) electrons. The number of hydrogen-bond donors (Lipinski definition) is 1. The zero-order chi connectivity index (χ0) is 24.1. The maximum Gasteiger partial charge on any atom is 0.254 e. The Morgan fingerprint density at radius 2 is 2.03 bits per heavy atom. The van der Waals surface area contributed by atoms with Gasteiger partial charge in [0.1, 0.15) is 18.2 Å². The first-order valence-electron chi connectivity index (χ1n) is 11.5. The van der Waals surface area contributed by atoms with Crippen molar-refractivity contribution in [3.05, 3.63) is 71.4 Å². The Hall–Kier alpha value is -3.68. The summed E-state index contributed by atoms with van der Waals surface area (Å²) in [4.78, 5) is 28.7. The number of carbonyl (C=O) groups is 1. The second-order valence-electron chi connectivity index (χ2n) is 8.80. The zero-order valence-electron chi connectivity index (χ0n) is 20.2. The molecule has 1 fully saturated rings. The molecule has 2 aromatic heterocycles. The molecule has 34 heavy (non-hydrogen) atoms. The van der Waals surface area contributed by atoms with Gasteiger partial charge in [0, 0.05) is 43.4 Å². The van der Waals surface area contributed by atoms with E-state index in [4.69, 9.17) is 14.5 Å². The number of rotatable bonds is 7. The summed E-state index contributed by atoms with van der Waals surface area (Å²) in [6.07, 6.45) is 3.59. The second kappa shape index (κ2) is 10.1. The van der Waals surface area contributed by atoms with Crippen LogP contribution < -0.4 is 14.8 Å². The van der Waals surface area contributed by atoms with Crippen LogP contribution in [0.3, 0.4) is 0 Å². The maximum absolute atomic E-state index is 13.4. The number of aromatic nitrogens is 3. The first-order chi connectivity index (χ1) is 16.4. The Labute approximate surface area is 200 Å². The highest BCUT2D eigenvalue weighted by atomic mass is 16.5. The molecule has 0 unspecified atom stereocenters. The fraction of sp³-hybridized carbons (Fsp3) is 0.385. The second-order valence-corrected chi connectivity index (χ2v) is 8.80. The number of pyridine rings is 1. The lowest BCUT2D eigenvalue weighted by Crippen LogP contribution is -2.47. The molecule has 1 saturated heterocycles. The van der Waals surface area contributed by atoms with Gasteiger partial charge in [-0.15, -0.1) is 0 Å². The number of aryl methyl sites for hydroxylation is 1. The van der Waals surface area contributed by atoms with Gasteiger partial charge >= 0.3 is 0 Å². The molecule has 4 rings (SSSR count). The molecule has 8 nitrogen and oxygen atoms in total. The Balaban J connectivity index is 1.51. The van der Waals surface area contributed by atoms with Crippen LogP contribution in [-0.2, 0) is 12.0 Å². The summed E-state index contributed by atoms with van der Waals surface area (Å²) in [5.41, 5.74) is 2.10. The van der Waals surface area contributed by atoms with Gasteiger partial charge in [-0.3, -0.25) is 9.78 Å². The first kappa shape index (κ1) is 23.5. The van der Waals surface area contributed by atoms with Crippen molar-refractivity contribution in [3.8, 4) is 11.5 Å². The third kappa shape index (κ3) is 5.11. The summed E-state index contributed by atoms with van der Waals surface area (Å²) in [7, 11) is 3.42.